The van der Waals surface area contributed by atoms with E-state index in [1.165, 1.54) is 0 Å². The lowest BCUT2D eigenvalue weighted by atomic mass is 9.90. The summed E-state index contributed by atoms with van der Waals surface area (Å²) in [4.78, 5) is 12.6. The van der Waals surface area contributed by atoms with Crippen molar-refractivity contribution in [3.8, 4) is 5.75 Å². The topological polar surface area (TPSA) is 50.7 Å². The molecule has 1 heterocycles. The van der Waals surface area contributed by atoms with Crippen LogP contribution in [0.1, 0.15) is 21.8 Å². The van der Waals surface area contributed by atoms with Gasteiger partial charge in [0.25, 0.3) is 0 Å². The Kier molecular flexibility index (Phi) is 3.69. The third kappa shape index (κ3) is 2.65. The van der Waals surface area contributed by atoms with Gasteiger partial charge in [-0.25, -0.2) is 0 Å². The lowest BCUT2D eigenvalue weighted by molar-refractivity contribution is 0.106. The second-order valence-electron chi connectivity index (χ2n) is 4.88. The van der Waals surface area contributed by atoms with E-state index in [0.29, 0.717) is 17.8 Å². The molecule has 1 aliphatic rings. The maximum atomic E-state index is 12.6. The summed E-state index contributed by atoms with van der Waals surface area (Å²) in [5.41, 5.74) is 5.18. The molecule has 0 saturated heterocycles. The zero-order chi connectivity index (χ0) is 14.7. The number of benzene rings is 2. The molecule has 4 nitrogen and oxygen atoms in total. The molecule has 4 heteroatoms. The Hall–Kier alpha value is -2.62. The fourth-order valence-corrected chi connectivity index (χ4v) is 2.48. The zero-order valence-electron chi connectivity index (χ0n) is 11.7. The first-order valence-corrected chi connectivity index (χ1v) is 6.83. The molecule has 2 aromatic rings. The average Bonchev–Trinajstić information content (AvgIpc) is 3.04. The number of ether oxygens (including phenoxy) is 1. The SMILES string of the molecule is COc1cccc([C@@H]2CNN=C2C(=O)c2ccccc2)c1. The average molecular weight is 280 g/mol. The fraction of sp³-hybridized carbons (Fsp3) is 0.176. The maximum Gasteiger partial charge on any atom is 0.209 e. The van der Waals surface area contributed by atoms with Gasteiger partial charge in [-0.15, -0.1) is 0 Å². The Morgan fingerprint density at radius 1 is 1.19 bits per heavy atom. The van der Waals surface area contributed by atoms with Crippen LogP contribution in [0.5, 0.6) is 5.75 Å². The number of nitrogens with one attached hydrogen (secondary N) is 1. The number of hydrazone groups is 1. The minimum atomic E-state index is -0.0483. The number of methoxy groups -OCH3 is 1. The van der Waals surface area contributed by atoms with Gasteiger partial charge in [0.05, 0.1) is 13.0 Å². The molecule has 1 atom stereocenters. The van der Waals surface area contributed by atoms with Gasteiger partial charge in [-0.05, 0) is 17.7 Å². The summed E-state index contributed by atoms with van der Waals surface area (Å²) in [7, 11) is 1.64. The highest BCUT2D eigenvalue weighted by Gasteiger charge is 2.29. The van der Waals surface area contributed by atoms with Crippen LogP contribution in [-0.4, -0.2) is 25.1 Å². The van der Waals surface area contributed by atoms with Gasteiger partial charge in [0.1, 0.15) is 11.5 Å². The van der Waals surface area contributed by atoms with Crippen LogP contribution < -0.4 is 10.2 Å². The van der Waals surface area contributed by atoms with Crippen molar-refractivity contribution in [1.82, 2.24) is 5.43 Å². The van der Waals surface area contributed by atoms with Crippen LogP contribution in [0.15, 0.2) is 59.7 Å². The van der Waals surface area contributed by atoms with Gasteiger partial charge in [0.2, 0.25) is 5.78 Å². The van der Waals surface area contributed by atoms with Gasteiger partial charge in [0.15, 0.2) is 0 Å². The van der Waals surface area contributed by atoms with Crippen molar-refractivity contribution in [2.75, 3.05) is 13.7 Å². The minimum Gasteiger partial charge on any atom is -0.497 e. The number of hydrogen-bond donors (Lipinski definition) is 1. The number of hydrogen-bond acceptors (Lipinski definition) is 4. The van der Waals surface area contributed by atoms with Crippen molar-refractivity contribution < 1.29 is 9.53 Å². The highest BCUT2D eigenvalue weighted by molar-refractivity contribution is 6.48. The van der Waals surface area contributed by atoms with E-state index >= 15 is 0 Å². The monoisotopic (exact) mass is 280 g/mol. The molecular formula is C17H16N2O2. The molecule has 1 aliphatic heterocycles. The van der Waals surface area contributed by atoms with E-state index in [2.05, 4.69) is 10.5 Å². The van der Waals surface area contributed by atoms with Crippen molar-refractivity contribution >= 4 is 11.5 Å². The fourth-order valence-electron chi connectivity index (χ4n) is 2.48. The highest BCUT2D eigenvalue weighted by Crippen LogP contribution is 2.25. The van der Waals surface area contributed by atoms with Crippen LogP contribution in [0.3, 0.4) is 0 Å². The molecule has 1 N–H and O–H groups in total. The smallest absolute Gasteiger partial charge is 0.209 e. The minimum absolute atomic E-state index is 0.0339. The summed E-state index contributed by atoms with van der Waals surface area (Å²) in [5, 5.41) is 4.20. The van der Waals surface area contributed by atoms with Gasteiger partial charge < -0.3 is 10.2 Å². The van der Waals surface area contributed by atoms with E-state index in [1.807, 2.05) is 54.6 Å². The van der Waals surface area contributed by atoms with Gasteiger partial charge in [-0.3, -0.25) is 4.79 Å². The van der Waals surface area contributed by atoms with Crippen molar-refractivity contribution in [1.29, 1.82) is 0 Å². The number of nitrogens with zero attached hydrogens (tertiary/aromatic N) is 1. The molecule has 2 aromatic carbocycles. The number of Topliss-reactive ketones (excluding diaryl/α,β-unsaturated/α-hetero) is 1. The first-order chi connectivity index (χ1) is 10.3. The van der Waals surface area contributed by atoms with E-state index in [9.17, 15) is 4.79 Å². The molecule has 106 valence electrons. The van der Waals surface area contributed by atoms with Crippen molar-refractivity contribution in [3.05, 3.63) is 65.7 Å². The van der Waals surface area contributed by atoms with Crippen molar-refractivity contribution in [2.45, 2.75) is 5.92 Å². The number of rotatable bonds is 4. The molecular weight excluding hydrogens is 264 g/mol. The van der Waals surface area contributed by atoms with Gasteiger partial charge >= 0.3 is 0 Å². The third-order valence-corrected chi connectivity index (χ3v) is 3.59. The molecule has 0 spiro atoms. The molecule has 0 bridgehead atoms. The standard InChI is InChI=1S/C17H16N2O2/c1-21-14-9-5-8-13(10-14)15-11-18-19-16(15)17(20)12-6-3-2-4-7-12/h2-10,15,18H,11H2,1H3/t15-/m0/s1. The van der Waals surface area contributed by atoms with Crippen LogP contribution in [0.2, 0.25) is 0 Å². The Morgan fingerprint density at radius 2 is 2.00 bits per heavy atom. The van der Waals surface area contributed by atoms with E-state index in [1.54, 1.807) is 7.11 Å². The summed E-state index contributed by atoms with van der Waals surface area (Å²) < 4.78 is 5.25. The molecule has 0 aromatic heterocycles. The number of ketones is 1. The summed E-state index contributed by atoms with van der Waals surface area (Å²) in [6, 6.07) is 17.0. The lowest BCUT2D eigenvalue weighted by Crippen LogP contribution is -2.21. The van der Waals surface area contributed by atoms with Gasteiger partial charge in [-0.1, -0.05) is 42.5 Å². The van der Waals surface area contributed by atoms with Crippen LogP contribution in [0.4, 0.5) is 0 Å². The molecule has 3 rings (SSSR count). The molecule has 0 radical (unpaired) electrons. The molecule has 0 aliphatic carbocycles. The van der Waals surface area contributed by atoms with Gasteiger partial charge in [0, 0.05) is 12.1 Å². The second kappa shape index (κ2) is 5.79. The second-order valence-corrected chi connectivity index (χ2v) is 4.88. The molecule has 0 amide bonds. The quantitative estimate of drug-likeness (QED) is 0.876. The first kappa shape index (κ1) is 13.4. The predicted molar refractivity (Wildman–Crippen MR) is 81.9 cm³/mol. The molecule has 0 unspecified atom stereocenters. The van der Waals surface area contributed by atoms with E-state index in [0.717, 1.165) is 11.3 Å². The van der Waals surface area contributed by atoms with Gasteiger partial charge in [-0.2, -0.15) is 5.10 Å². The van der Waals surface area contributed by atoms with E-state index in [4.69, 9.17) is 4.74 Å². The van der Waals surface area contributed by atoms with E-state index < -0.39 is 0 Å². The maximum absolute atomic E-state index is 12.6. The van der Waals surface area contributed by atoms with E-state index in [-0.39, 0.29) is 11.7 Å². The van der Waals surface area contributed by atoms with Crippen LogP contribution >= 0.6 is 0 Å². The zero-order valence-corrected chi connectivity index (χ0v) is 11.7. The lowest BCUT2D eigenvalue weighted by Gasteiger charge is -2.12. The van der Waals surface area contributed by atoms with Crippen LogP contribution in [0.25, 0.3) is 0 Å². The number of carbonyl (C=O) groups is 1. The first-order valence-electron chi connectivity index (χ1n) is 6.83. The normalized spacial score (nSPS) is 17.0. The predicted octanol–water partition coefficient (Wildman–Crippen LogP) is 2.62. The van der Waals surface area contributed by atoms with Crippen molar-refractivity contribution in [3.63, 3.8) is 0 Å². The molecule has 21 heavy (non-hydrogen) atoms. The Balaban J connectivity index is 1.90. The molecule has 0 saturated carbocycles. The Labute approximate surface area is 123 Å². The number of carbonyl (C=O) groups excluding carboxylic acids is 1. The highest BCUT2D eigenvalue weighted by atomic mass is 16.5. The summed E-state index contributed by atoms with van der Waals surface area (Å²) in [6.07, 6.45) is 0. The summed E-state index contributed by atoms with van der Waals surface area (Å²) in [6.45, 7) is 0.626. The van der Waals surface area contributed by atoms with Crippen molar-refractivity contribution in [2.24, 2.45) is 5.10 Å². The van der Waals surface area contributed by atoms with Crippen LogP contribution in [0, 0.1) is 0 Å². The summed E-state index contributed by atoms with van der Waals surface area (Å²) >= 11 is 0. The van der Waals surface area contributed by atoms with Crippen LogP contribution in [-0.2, 0) is 0 Å². The Morgan fingerprint density at radius 3 is 2.76 bits per heavy atom. The Bertz CT molecular complexity index is 680. The largest absolute Gasteiger partial charge is 0.497 e. The third-order valence-electron chi connectivity index (χ3n) is 3.59. The molecule has 0 fully saturated rings. The summed E-state index contributed by atoms with van der Waals surface area (Å²) in [5.74, 6) is 0.701.